The molecule has 1 aromatic carbocycles. The van der Waals surface area contributed by atoms with Gasteiger partial charge in [-0.3, -0.25) is 0 Å². The van der Waals surface area contributed by atoms with Gasteiger partial charge in [-0.2, -0.15) is 0 Å². The fourth-order valence-electron chi connectivity index (χ4n) is 2.46. The summed E-state index contributed by atoms with van der Waals surface area (Å²) in [7, 11) is 4.13. The third-order valence-corrected chi connectivity index (χ3v) is 3.56. The smallest absolute Gasteiger partial charge is 0.0373 e. The van der Waals surface area contributed by atoms with E-state index in [1.807, 2.05) is 0 Å². The maximum absolute atomic E-state index is 5.93. The number of rotatable bonds is 3. The predicted molar refractivity (Wildman–Crippen MR) is 74.7 cm³/mol. The fraction of sp³-hybridized carbons (Fsp3) is 0.571. The maximum Gasteiger partial charge on any atom is 0.0373 e. The van der Waals surface area contributed by atoms with Gasteiger partial charge in [-0.05, 0) is 49.9 Å². The summed E-state index contributed by atoms with van der Waals surface area (Å²) >= 11 is 0. The van der Waals surface area contributed by atoms with Crippen molar-refractivity contribution < 1.29 is 0 Å². The average molecular weight is 233 g/mol. The van der Waals surface area contributed by atoms with Gasteiger partial charge in [-0.1, -0.05) is 0 Å². The number of hydrogen-bond donors (Lipinski definition) is 2. The Morgan fingerprint density at radius 1 is 1.29 bits per heavy atom. The van der Waals surface area contributed by atoms with Gasteiger partial charge in [0.1, 0.15) is 0 Å². The molecule has 0 spiro atoms. The Labute approximate surface area is 104 Å². The third-order valence-electron chi connectivity index (χ3n) is 3.56. The van der Waals surface area contributed by atoms with Crippen LogP contribution in [0.1, 0.15) is 24.8 Å². The molecule has 1 aromatic rings. The van der Waals surface area contributed by atoms with Crippen molar-refractivity contribution in [1.29, 1.82) is 0 Å². The van der Waals surface area contributed by atoms with E-state index in [-0.39, 0.29) is 0 Å². The van der Waals surface area contributed by atoms with Crippen LogP contribution in [0.5, 0.6) is 0 Å². The van der Waals surface area contributed by atoms with Crippen LogP contribution in [0.15, 0.2) is 18.2 Å². The van der Waals surface area contributed by atoms with Gasteiger partial charge in [0, 0.05) is 37.6 Å². The quantitative estimate of drug-likeness (QED) is 0.842. The molecule has 17 heavy (non-hydrogen) atoms. The first kappa shape index (κ1) is 12.2. The molecule has 0 heterocycles. The second-order valence-electron chi connectivity index (χ2n) is 5.31. The standard InChI is InChI=1S/C14H23N3/c1-10-8-13(17(2)3)6-7-14(10)16-12-5-4-11(15)9-12/h6-8,11-12,16H,4-5,9,15H2,1-3H3. The van der Waals surface area contributed by atoms with Crippen LogP contribution in [0.2, 0.25) is 0 Å². The van der Waals surface area contributed by atoms with Crippen LogP contribution < -0.4 is 16.0 Å². The van der Waals surface area contributed by atoms with Gasteiger partial charge in [0.15, 0.2) is 0 Å². The lowest BCUT2D eigenvalue weighted by Gasteiger charge is -2.19. The minimum Gasteiger partial charge on any atom is -0.382 e. The molecule has 1 aliphatic rings. The molecule has 2 atom stereocenters. The zero-order chi connectivity index (χ0) is 12.4. The number of nitrogens with one attached hydrogen (secondary N) is 1. The molecule has 1 aliphatic carbocycles. The summed E-state index contributed by atoms with van der Waals surface area (Å²) in [6.07, 6.45) is 3.43. The summed E-state index contributed by atoms with van der Waals surface area (Å²) < 4.78 is 0. The first-order valence-corrected chi connectivity index (χ1v) is 6.36. The predicted octanol–water partition coefficient (Wildman–Crippen LogP) is 2.35. The van der Waals surface area contributed by atoms with Crippen molar-refractivity contribution in [3.05, 3.63) is 23.8 Å². The highest BCUT2D eigenvalue weighted by molar-refractivity contribution is 5.60. The Bertz CT molecular complexity index is 387. The van der Waals surface area contributed by atoms with Crippen LogP contribution in [-0.2, 0) is 0 Å². The maximum atomic E-state index is 5.93. The normalized spacial score (nSPS) is 23.8. The van der Waals surface area contributed by atoms with E-state index in [2.05, 4.69) is 49.4 Å². The van der Waals surface area contributed by atoms with Crippen LogP contribution >= 0.6 is 0 Å². The molecule has 0 radical (unpaired) electrons. The number of benzene rings is 1. The topological polar surface area (TPSA) is 41.3 Å². The molecule has 1 fully saturated rings. The first-order chi connectivity index (χ1) is 8.06. The van der Waals surface area contributed by atoms with E-state index < -0.39 is 0 Å². The van der Waals surface area contributed by atoms with Crippen molar-refractivity contribution in [2.45, 2.75) is 38.3 Å². The summed E-state index contributed by atoms with van der Waals surface area (Å²) in [6, 6.07) is 7.48. The minimum absolute atomic E-state index is 0.383. The van der Waals surface area contributed by atoms with Crippen molar-refractivity contribution >= 4 is 11.4 Å². The lowest BCUT2D eigenvalue weighted by Crippen LogP contribution is -2.21. The summed E-state index contributed by atoms with van der Waals surface area (Å²) in [5, 5.41) is 3.61. The average Bonchev–Trinajstić information content (AvgIpc) is 2.67. The molecule has 3 nitrogen and oxygen atoms in total. The molecule has 94 valence electrons. The molecule has 0 bridgehead atoms. The van der Waals surface area contributed by atoms with Gasteiger partial charge in [0.25, 0.3) is 0 Å². The van der Waals surface area contributed by atoms with Crippen molar-refractivity contribution in [1.82, 2.24) is 0 Å². The van der Waals surface area contributed by atoms with Gasteiger partial charge < -0.3 is 16.0 Å². The molecular formula is C14H23N3. The van der Waals surface area contributed by atoms with Gasteiger partial charge >= 0.3 is 0 Å². The van der Waals surface area contributed by atoms with E-state index in [1.165, 1.54) is 23.4 Å². The zero-order valence-electron chi connectivity index (χ0n) is 11.0. The summed E-state index contributed by atoms with van der Waals surface area (Å²) in [5.41, 5.74) is 9.73. The number of anilines is 2. The van der Waals surface area contributed by atoms with E-state index in [4.69, 9.17) is 5.73 Å². The van der Waals surface area contributed by atoms with Gasteiger partial charge in [-0.15, -0.1) is 0 Å². The molecule has 3 heteroatoms. The molecule has 0 amide bonds. The molecule has 0 saturated heterocycles. The van der Waals surface area contributed by atoms with Gasteiger partial charge in [-0.25, -0.2) is 0 Å². The van der Waals surface area contributed by atoms with Crippen molar-refractivity contribution in [3.63, 3.8) is 0 Å². The van der Waals surface area contributed by atoms with Crippen LogP contribution in [0.4, 0.5) is 11.4 Å². The van der Waals surface area contributed by atoms with Crippen LogP contribution in [0, 0.1) is 6.92 Å². The first-order valence-electron chi connectivity index (χ1n) is 6.36. The molecule has 2 unspecified atom stereocenters. The Morgan fingerprint density at radius 3 is 2.59 bits per heavy atom. The molecule has 0 aromatic heterocycles. The number of aryl methyl sites for hydroxylation is 1. The number of nitrogens with two attached hydrogens (primary N) is 1. The summed E-state index contributed by atoms with van der Waals surface area (Å²) in [4.78, 5) is 2.13. The zero-order valence-corrected chi connectivity index (χ0v) is 11.0. The van der Waals surface area contributed by atoms with Crippen LogP contribution in [-0.4, -0.2) is 26.2 Å². The highest BCUT2D eigenvalue weighted by atomic mass is 15.1. The van der Waals surface area contributed by atoms with Crippen LogP contribution in [0.3, 0.4) is 0 Å². The lowest BCUT2D eigenvalue weighted by atomic mass is 10.1. The second-order valence-corrected chi connectivity index (χ2v) is 5.31. The Balaban J connectivity index is 2.06. The summed E-state index contributed by atoms with van der Waals surface area (Å²) in [6.45, 7) is 2.16. The molecule has 2 rings (SSSR count). The van der Waals surface area contributed by atoms with E-state index in [0.717, 1.165) is 12.8 Å². The Morgan fingerprint density at radius 2 is 2.06 bits per heavy atom. The molecule has 3 N–H and O–H groups in total. The van der Waals surface area contributed by atoms with Gasteiger partial charge in [0.2, 0.25) is 0 Å². The molecule has 1 saturated carbocycles. The molecular weight excluding hydrogens is 210 g/mol. The monoisotopic (exact) mass is 233 g/mol. The van der Waals surface area contributed by atoms with E-state index in [9.17, 15) is 0 Å². The van der Waals surface area contributed by atoms with Crippen molar-refractivity contribution in [3.8, 4) is 0 Å². The SMILES string of the molecule is Cc1cc(N(C)C)ccc1NC1CCC(N)C1. The number of nitrogens with zero attached hydrogens (tertiary/aromatic N) is 1. The summed E-state index contributed by atoms with van der Waals surface area (Å²) in [5.74, 6) is 0. The van der Waals surface area contributed by atoms with Crippen LogP contribution in [0.25, 0.3) is 0 Å². The number of hydrogen-bond acceptors (Lipinski definition) is 3. The van der Waals surface area contributed by atoms with E-state index in [0.29, 0.717) is 12.1 Å². The Hall–Kier alpha value is -1.22. The van der Waals surface area contributed by atoms with E-state index in [1.54, 1.807) is 0 Å². The van der Waals surface area contributed by atoms with E-state index >= 15 is 0 Å². The largest absolute Gasteiger partial charge is 0.382 e. The highest BCUT2D eigenvalue weighted by Gasteiger charge is 2.21. The fourth-order valence-corrected chi connectivity index (χ4v) is 2.46. The Kier molecular flexibility index (Phi) is 3.57. The van der Waals surface area contributed by atoms with Crippen molar-refractivity contribution in [2.24, 2.45) is 5.73 Å². The third kappa shape index (κ3) is 2.91. The van der Waals surface area contributed by atoms with Gasteiger partial charge in [0.05, 0.1) is 0 Å². The van der Waals surface area contributed by atoms with Crippen molar-refractivity contribution in [2.75, 3.05) is 24.3 Å². The molecule has 0 aliphatic heterocycles. The second kappa shape index (κ2) is 4.96. The highest BCUT2D eigenvalue weighted by Crippen LogP contribution is 2.26. The minimum atomic E-state index is 0.383. The lowest BCUT2D eigenvalue weighted by molar-refractivity contribution is 0.687.